The van der Waals surface area contributed by atoms with Gasteiger partial charge in [-0.1, -0.05) is 67.6 Å². The Morgan fingerprint density at radius 1 is 0.943 bits per heavy atom. The number of ketones is 1. The maximum atomic E-state index is 12.9. The number of ether oxygens (including phenoxy) is 1. The number of hydrogen-bond acceptors (Lipinski definition) is 5. The van der Waals surface area contributed by atoms with Gasteiger partial charge in [-0.15, -0.1) is 0 Å². The van der Waals surface area contributed by atoms with Crippen molar-refractivity contribution in [3.63, 3.8) is 0 Å². The molecule has 0 atom stereocenters. The predicted octanol–water partition coefficient (Wildman–Crippen LogP) is -0.280. The van der Waals surface area contributed by atoms with Gasteiger partial charge in [-0.05, 0) is 35.2 Å². The number of fused-ring (bicyclic) bond motifs is 1. The van der Waals surface area contributed by atoms with Crippen molar-refractivity contribution < 1.29 is 53.8 Å². The number of aromatic nitrogens is 1. The van der Waals surface area contributed by atoms with Crippen LogP contribution in [0.5, 0.6) is 5.75 Å². The quantitative estimate of drug-likeness (QED) is 0.202. The molecule has 0 spiro atoms. The molecule has 0 fully saturated rings. The summed E-state index contributed by atoms with van der Waals surface area (Å²) in [6, 6.07) is 23.0. The SMILES string of the molecule is CCc1c(C(=O)C(N)=O)c2c(OCC(=O)[O-])cccc2n1Cc1ccccc1-c1ccccc1.[Na+]. The van der Waals surface area contributed by atoms with Gasteiger partial charge in [0.15, 0.2) is 0 Å². The summed E-state index contributed by atoms with van der Waals surface area (Å²) in [6.45, 7) is 1.61. The van der Waals surface area contributed by atoms with E-state index in [1.165, 1.54) is 0 Å². The number of amides is 1. The summed E-state index contributed by atoms with van der Waals surface area (Å²) >= 11 is 0. The van der Waals surface area contributed by atoms with Gasteiger partial charge in [-0.3, -0.25) is 9.59 Å². The summed E-state index contributed by atoms with van der Waals surface area (Å²) < 4.78 is 7.39. The fourth-order valence-corrected chi connectivity index (χ4v) is 4.32. The van der Waals surface area contributed by atoms with Crippen LogP contribution in [0.4, 0.5) is 0 Å². The molecule has 0 aliphatic carbocycles. The van der Waals surface area contributed by atoms with Crippen molar-refractivity contribution in [2.24, 2.45) is 5.73 Å². The number of aliphatic carboxylic acids is 1. The predicted molar refractivity (Wildman–Crippen MR) is 126 cm³/mol. The van der Waals surface area contributed by atoms with Gasteiger partial charge < -0.3 is 24.9 Å². The van der Waals surface area contributed by atoms with Crippen molar-refractivity contribution in [3.05, 3.63) is 89.6 Å². The van der Waals surface area contributed by atoms with Crippen LogP contribution in [0.3, 0.4) is 0 Å². The van der Waals surface area contributed by atoms with Crippen LogP contribution < -0.4 is 45.1 Å². The fourth-order valence-electron chi connectivity index (χ4n) is 4.32. The molecule has 0 aliphatic rings. The molecule has 35 heavy (non-hydrogen) atoms. The van der Waals surface area contributed by atoms with Crippen LogP contribution in [-0.4, -0.2) is 28.8 Å². The Morgan fingerprint density at radius 3 is 2.29 bits per heavy atom. The monoisotopic (exact) mass is 478 g/mol. The molecule has 8 heteroatoms. The Balaban J connectivity index is 0.00000342. The molecule has 1 amide bonds. The maximum absolute atomic E-state index is 12.9. The number of nitrogens with zero attached hydrogens (tertiary/aromatic N) is 1. The molecular weight excluding hydrogens is 455 g/mol. The number of Topliss-reactive ketones (excluding diaryl/α,β-unsaturated/α-hetero) is 1. The number of carboxylic acid groups (broad SMARTS) is 1. The molecule has 0 aliphatic heterocycles. The average molecular weight is 478 g/mol. The zero-order valence-electron chi connectivity index (χ0n) is 19.6. The van der Waals surface area contributed by atoms with Crippen LogP contribution in [0.15, 0.2) is 72.8 Å². The van der Waals surface area contributed by atoms with Crippen molar-refractivity contribution in [3.8, 4) is 16.9 Å². The number of benzene rings is 3. The first-order chi connectivity index (χ1) is 16.4. The third-order valence-electron chi connectivity index (χ3n) is 5.72. The minimum Gasteiger partial charge on any atom is -0.546 e. The Kier molecular flexibility index (Phi) is 8.51. The zero-order valence-corrected chi connectivity index (χ0v) is 21.6. The van der Waals surface area contributed by atoms with Crippen LogP contribution in [0.25, 0.3) is 22.0 Å². The second-order valence-electron chi connectivity index (χ2n) is 7.79. The van der Waals surface area contributed by atoms with E-state index in [4.69, 9.17) is 10.5 Å². The van der Waals surface area contributed by atoms with Crippen LogP contribution in [-0.2, 0) is 22.6 Å². The average Bonchev–Trinajstić information content (AvgIpc) is 3.16. The number of primary amides is 1. The fraction of sp³-hybridized carbons (Fsp3) is 0.148. The van der Waals surface area contributed by atoms with E-state index in [0.29, 0.717) is 29.6 Å². The molecule has 2 N–H and O–H groups in total. The first-order valence-corrected chi connectivity index (χ1v) is 10.9. The van der Waals surface area contributed by atoms with E-state index in [2.05, 4.69) is 0 Å². The number of nitrogens with two attached hydrogens (primary N) is 1. The van der Waals surface area contributed by atoms with E-state index in [1.807, 2.05) is 72.2 Å². The summed E-state index contributed by atoms with van der Waals surface area (Å²) in [5.41, 5.74) is 9.87. The van der Waals surface area contributed by atoms with E-state index in [-0.39, 0.29) is 40.9 Å². The second kappa shape index (κ2) is 11.4. The Labute approximate surface area is 224 Å². The zero-order chi connectivity index (χ0) is 24.2. The van der Waals surface area contributed by atoms with Crippen LogP contribution in [0.2, 0.25) is 0 Å². The summed E-state index contributed by atoms with van der Waals surface area (Å²) in [5, 5.41) is 11.4. The first-order valence-electron chi connectivity index (χ1n) is 10.9. The summed E-state index contributed by atoms with van der Waals surface area (Å²) in [5.74, 6) is -3.16. The smallest absolute Gasteiger partial charge is 0.546 e. The van der Waals surface area contributed by atoms with Crippen molar-refractivity contribution in [2.75, 3.05) is 6.61 Å². The Hall–Kier alpha value is -3.39. The van der Waals surface area contributed by atoms with Crippen LogP contribution >= 0.6 is 0 Å². The van der Waals surface area contributed by atoms with Crippen LogP contribution in [0, 0.1) is 0 Å². The summed E-state index contributed by atoms with van der Waals surface area (Å²) in [4.78, 5) is 35.8. The number of carbonyl (C=O) groups excluding carboxylic acids is 3. The van der Waals surface area contributed by atoms with Crippen molar-refractivity contribution in [2.45, 2.75) is 19.9 Å². The second-order valence-corrected chi connectivity index (χ2v) is 7.79. The van der Waals surface area contributed by atoms with E-state index < -0.39 is 24.3 Å². The van der Waals surface area contributed by atoms with Gasteiger partial charge in [0.05, 0.1) is 22.4 Å². The maximum Gasteiger partial charge on any atom is 1.00 e. The topological polar surface area (TPSA) is 114 Å². The molecule has 1 heterocycles. The van der Waals surface area contributed by atoms with Crippen molar-refractivity contribution in [1.29, 1.82) is 0 Å². The Bertz CT molecular complexity index is 1400. The van der Waals surface area contributed by atoms with Gasteiger partial charge >= 0.3 is 29.6 Å². The summed E-state index contributed by atoms with van der Waals surface area (Å²) in [6.07, 6.45) is 0.441. The van der Waals surface area contributed by atoms with Crippen molar-refractivity contribution >= 4 is 28.6 Å². The minimum atomic E-state index is -1.40. The number of rotatable bonds is 9. The molecule has 0 saturated carbocycles. The van der Waals surface area contributed by atoms with Gasteiger partial charge in [-0.2, -0.15) is 0 Å². The van der Waals surface area contributed by atoms with E-state index in [0.717, 1.165) is 16.7 Å². The number of hydrogen-bond donors (Lipinski definition) is 1. The normalized spacial score (nSPS) is 10.5. The van der Waals surface area contributed by atoms with Crippen LogP contribution in [0.1, 0.15) is 28.5 Å². The number of carboxylic acids is 1. The van der Waals surface area contributed by atoms with Gasteiger partial charge in [0.2, 0.25) is 0 Å². The molecule has 172 valence electrons. The van der Waals surface area contributed by atoms with E-state index in [9.17, 15) is 19.5 Å². The first kappa shape index (κ1) is 26.2. The summed E-state index contributed by atoms with van der Waals surface area (Å²) in [7, 11) is 0. The van der Waals surface area contributed by atoms with Gasteiger partial charge in [0.25, 0.3) is 11.7 Å². The molecule has 0 saturated heterocycles. The molecule has 4 aromatic rings. The molecular formula is C27H23N2NaO5. The number of carbonyl (C=O) groups is 3. The molecule has 4 rings (SSSR count). The van der Waals surface area contributed by atoms with Gasteiger partial charge in [0, 0.05) is 12.2 Å². The van der Waals surface area contributed by atoms with Gasteiger partial charge in [0.1, 0.15) is 12.4 Å². The molecule has 0 unspecified atom stereocenters. The minimum absolute atomic E-state index is 0. The molecule has 7 nitrogen and oxygen atoms in total. The molecule has 0 bridgehead atoms. The largest absolute Gasteiger partial charge is 1.00 e. The van der Waals surface area contributed by atoms with Crippen molar-refractivity contribution in [1.82, 2.24) is 4.57 Å². The third-order valence-corrected chi connectivity index (χ3v) is 5.72. The van der Waals surface area contributed by atoms with E-state index >= 15 is 0 Å². The third kappa shape index (κ3) is 5.32. The van der Waals surface area contributed by atoms with Gasteiger partial charge in [-0.25, -0.2) is 0 Å². The Morgan fingerprint density at radius 2 is 1.63 bits per heavy atom. The van der Waals surface area contributed by atoms with E-state index in [1.54, 1.807) is 12.1 Å². The molecule has 1 aromatic heterocycles. The molecule has 0 radical (unpaired) electrons. The molecule has 3 aromatic carbocycles. The standard InChI is InChI=1S/C27H24N2O5.Na/c1-2-20-25(26(32)27(28)33)24-21(13-8-14-22(24)34-16-23(30)31)29(20)15-18-11-6-7-12-19(18)17-9-4-3-5-10-17;/h3-14H,2,15-16H2,1H3,(H2,28,33)(H,30,31);/q;+1/p-1.